The largest absolute Gasteiger partial charge is 0.397 e. The third-order valence-corrected chi connectivity index (χ3v) is 4.18. The zero-order chi connectivity index (χ0) is 13.9. The summed E-state index contributed by atoms with van der Waals surface area (Å²) in [5.74, 6) is 0.837. The van der Waals surface area contributed by atoms with Gasteiger partial charge in [-0.25, -0.2) is 4.98 Å². The molecular weight excluding hydrogens is 254 g/mol. The molecule has 0 radical (unpaired) electrons. The number of likely N-dealkylation sites (tertiary alicyclic amines) is 1. The molecule has 20 heavy (non-hydrogen) atoms. The molecule has 1 unspecified atom stereocenters. The van der Waals surface area contributed by atoms with Crippen LogP contribution in [-0.4, -0.2) is 50.4 Å². The Morgan fingerprint density at radius 3 is 2.90 bits per heavy atom. The molecule has 2 fully saturated rings. The van der Waals surface area contributed by atoms with Gasteiger partial charge < -0.3 is 26.0 Å². The summed E-state index contributed by atoms with van der Waals surface area (Å²) in [4.78, 5) is 8.26. The quantitative estimate of drug-likeness (QED) is 0.669. The Labute approximate surface area is 119 Å². The summed E-state index contributed by atoms with van der Waals surface area (Å²) in [7, 11) is 0. The first-order chi connectivity index (χ1) is 9.72. The number of nitrogen functional groups attached to an aromatic ring is 2. The fourth-order valence-electron chi connectivity index (χ4n) is 3.19. The van der Waals surface area contributed by atoms with Gasteiger partial charge in [0.25, 0.3) is 0 Å². The van der Waals surface area contributed by atoms with E-state index >= 15 is 0 Å². The summed E-state index contributed by atoms with van der Waals surface area (Å²) < 4.78 is 5.90. The van der Waals surface area contributed by atoms with E-state index in [-0.39, 0.29) is 6.10 Å². The lowest BCUT2D eigenvalue weighted by Gasteiger charge is -2.34. The highest BCUT2D eigenvalue weighted by Crippen LogP contribution is 2.23. The van der Waals surface area contributed by atoms with Crippen molar-refractivity contribution in [2.24, 2.45) is 0 Å². The van der Waals surface area contributed by atoms with E-state index in [1.807, 2.05) is 0 Å². The number of hydrogen-bond donors (Lipinski definition) is 3. The van der Waals surface area contributed by atoms with Gasteiger partial charge in [0.1, 0.15) is 12.6 Å². The Hall–Kier alpha value is -1.53. The topological polar surface area (TPSA) is 81.8 Å². The summed E-state index contributed by atoms with van der Waals surface area (Å²) in [6.07, 6.45) is 4.63. The number of hydrogen-bond acceptors (Lipinski definition) is 5. The van der Waals surface area contributed by atoms with Crippen LogP contribution in [0.5, 0.6) is 0 Å². The number of morpholine rings is 1. The van der Waals surface area contributed by atoms with Crippen LogP contribution in [-0.2, 0) is 4.74 Å². The second-order valence-corrected chi connectivity index (χ2v) is 5.78. The van der Waals surface area contributed by atoms with Gasteiger partial charge in [0.2, 0.25) is 0 Å². The standard InChI is InChI=1S/C14H23N5O/c15-11-7-13(16)14(17-8-11)19-5-6-20-12(10-19)9-18-3-1-2-4-18/h7-8,12H,1-6,9-10,15-16H2/p+1. The molecule has 0 saturated carbocycles. The first kappa shape index (κ1) is 13.5. The van der Waals surface area contributed by atoms with Crippen LogP contribution in [0.25, 0.3) is 0 Å². The zero-order valence-corrected chi connectivity index (χ0v) is 11.8. The molecule has 6 nitrogen and oxygen atoms in total. The Kier molecular flexibility index (Phi) is 3.93. The highest BCUT2D eigenvalue weighted by molar-refractivity contribution is 5.67. The molecule has 0 aromatic carbocycles. The molecule has 110 valence electrons. The summed E-state index contributed by atoms with van der Waals surface area (Å²) >= 11 is 0. The molecule has 3 rings (SSSR count). The number of anilines is 3. The first-order valence-corrected chi connectivity index (χ1v) is 7.43. The molecule has 2 aliphatic rings. The Bertz CT molecular complexity index is 461. The van der Waals surface area contributed by atoms with Crippen molar-refractivity contribution in [2.75, 3.05) is 55.7 Å². The van der Waals surface area contributed by atoms with Gasteiger partial charge in [-0.15, -0.1) is 0 Å². The average Bonchev–Trinajstić information content (AvgIpc) is 2.92. The van der Waals surface area contributed by atoms with Crippen molar-refractivity contribution in [3.05, 3.63) is 12.3 Å². The smallest absolute Gasteiger partial charge is 0.152 e. The number of aromatic nitrogens is 1. The van der Waals surface area contributed by atoms with Crippen molar-refractivity contribution in [3.63, 3.8) is 0 Å². The highest BCUT2D eigenvalue weighted by Gasteiger charge is 2.27. The van der Waals surface area contributed by atoms with Crippen molar-refractivity contribution >= 4 is 17.2 Å². The van der Waals surface area contributed by atoms with Gasteiger partial charge in [0, 0.05) is 19.4 Å². The van der Waals surface area contributed by atoms with E-state index in [1.165, 1.54) is 25.9 Å². The van der Waals surface area contributed by atoms with Gasteiger partial charge in [-0.3, -0.25) is 0 Å². The van der Waals surface area contributed by atoms with Crippen LogP contribution in [0.4, 0.5) is 17.2 Å². The first-order valence-electron chi connectivity index (χ1n) is 7.43. The maximum atomic E-state index is 6.03. The van der Waals surface area contributed by atoms with E-state index in [4.69, 9.17) is 16.2 Å². The summed E-state index contributed by atoms with van der Waals surface area (Å²) in [5, 5.41) is 0. The third-order valence-electron chi connectivity index (χ3n) is 4.18. The molecule has 2 saturated heterocycles. The van der Waals surface area contributed by atoms with Crippen LogP contribution in [0.2, 0.25) is 0 Å². The fourth-order valence-corrected chi connectivity index (χ4v) is 3.19. The molecular formula is C14H24N5O+. The van der Waals surface area contributed by atoms with Crippen LogP contribution in [0.3, 0.4) is 0 Å². The van der Waals surface area contributed by atoms with Crippen molar-refractivity contribution < 1.29 is 9.64 Å². The van der Waals surface area contributed by atoms with Crippen molar-refractivity contribution in [1.82, 2.24) is 4.98 Å². The van der Waals surface area contributed by atoms with Crippen LogP contribution >= 0.6 is 0 Å². The van der Waals surface area contributed by atoms with E-state index in [9.17, 15) is 0 Å². The van der Waals surface area contributed by atoms with Crippen LogP contribution in [0.15, 0.2) is 12.3 Å². The zero-order valence-electron chi connectivity index (χ0n) is 11.8. The summed E-state index contributed by atoms with van der Waals surface area (Å²) in [6, 6.07) is 1.78. The second-order valence-electron chi connectivity index (χ2n) is 5.78. The number of nitrogens with two attached hydrogens (primary N) is 2. The Morgan fingerprint density at radius 1 is 1.35 bits per heavy atom. The highest BCUT2D eigenvalue weighted by atomic mass is 16.5. The molecule has 0 aliphatic carbocycles. The number of nitrogens with one attached hydrogen (secondary N) is 1. The van der Waals surface area contributed by atoms with E-state index in [2.05, 4.69) is 9.88 Å². The molecule has 6 heteroatoms. The van der Waals surface area contributed by atoms with Gasteiger partial charge in [0.15, 0.2) is 5.82 Å². The van der Waals surface area contributed by atoms with Crippen molar-refractivity contribution in [1.29, 1.82) is 0 Å². The lowest BCUT2D eigenvalue weighted by Crippen LogP contribution is -3.11. The van der Waals surface area contributed by atoms with Gasteiger partial charge in [-0.1, -0.05) is 0 Å². The molecule has 1 aromatic heterocycles. The molecule has 0 bridgehead atoms. The minimum absolute atomic E-state index is 0.274. The predicted octanol–water partition coefficient (Wildman–Crippen LogP) is -0.870. The molecule has 0 amide bonds. The maximum absolute atomic E-state index is 6.03. The molecule has 5 N–H and O–H groups in total. The Morgan fingerprint density at radius 2 is 2.15 bits per heavy atom. The van der Waals surface area contributed by atoms with E-state index < -0.39 is 0 Å². The van der Waals surface area contributed by atoms with E-state index in [0.717, 1.165) is 32.1 Å². The van der Waals surface area contributed by atoms with E-state index in [1.54, 1.807) is 17.2 Å². The SMILES string of the molecule is Nc1cnc(N2CCOC(C[NH+]3CCCC3)C2)c(N)c1. The number of nitrogens with zero attached hydrogens (tertiary/aromatic N) is 2. The minimum Gasteiger partial charge on any atom is -0.397 e. The molecule has 2 aliphatic heterocycles. The third kappa shape index (κ3) is 2.96. The molecule has 0 spiro atoms. The number of quaternary nitrogens is 1. The number of pyridine rings is 1. The number of rotatable bonds is 3. The van der Waals surface area contributed by atoms with Gasteiger partial charge in [-0.2, -0.15) is 0 Å². The molecule has 3 heterocycles. The van der Waals surface area contributed by atoms with Crippen LogP contribution in [0, 0.1) is 0 Å². The van der Waals surface area contributed by atoms with Crippen LogP contribution < -0.4 is 21.3 Å². The second kappa shape index (κ2) is 5.85. The monoisotopic (exact) mass is 278 g/mol. The predicted molar refractivity (Wildman–Crippen MR) is 79.8 cm³/mol. The fraction of sp³-hybridized carbons (Fsp3) is 0.643. The normalized spacial score (nSPS) is 24.2. The molecule has 1 aromatic rings. The van der Waals surface area contributed by atoms with Crippen molar-refractivity contribution in [2.45, 2.75) is 18.9 Å². The van der Waals surface area contributed by atoms with Gasteiger partial charge >= 0.3 is 0 Å². The van der Waals surface area contributed by atoms with E-state index in [0.29, 0.717) is 11.4 Å². The van der Waals surface area contributed by atoms with Gasteiger partial charge in [-0.05, 0) is 6.07 Å². The van der Waals surface area contributed by atoms with Crippen molar-refractivity contribution in [3.8, 4) is 0 Å². The summed E-state index contributed by atoms with van der Waals surface area (Å²) in [5.41, 5.74) is 13.0. The van der Waals surface area contributed by atoms with Gasteiger partial charge in [0.05, 0.1) is 43.8 Å². The lowest BCUT2D eigenvalue weighted by atomic mass is 10.2. The average molecular weight is 278 g/mol. The number of ether oxygens (including phenoxy) is 1. The minimum atomic E-state index is 0.274. The van der Waals surface area contributed by atoms with Crippen LogP contribution in [0.1, 0.15) is 12.8 Å². The lowest BCUT2D eigenvalue weighted by molar-refractivity contribution is -0.890. The molecule has 1 atom stereocenters. The summed E-state index contributed by atoms with van der Waals surface area (Å²) in [6.45, 7) is 6.09. The Balaban J connectivity index is 1.64. The maximum Gasteiger partial charge on any atom is 0.152 e.